The standard InChI is InChI=1S/C67H38N8/c1-69-48-27-32-63-54(37-48)53-35-42(41-68)21-30-62(53)74(63)50-29-34-65-56(39-50)55-38-49(73-60-19-11-9-17-51(60)52-18-10-12-20-61(52)73)28-33-64(55)75(65)66-31-26-47(36-59(66)70-2)43-22-24-45(25-23-43)58-40-57(44-13-5-3-6-14-44)71-67(72-58)46-15-7-4-8-16-46/h3-40H. The molecule has 0 aliphatic heterocycles. The molecule has 8 nitrogen and oxygen atoms in total. The third kappa shape index (κ3) is 6.96. The number of nitrogens with zero attached hydrogens (tertiary/aromatic N) is 8. The van der Waals surface area contributed by atoms with Gasteiger partial charge in [0.25, 0.3) is 0 Å². The summed E-state index contributed by atoms with van der Waals surface area (Å²) in [5.41, 5.74) is 16.9. The lowest BCUT2D eigenvalue weighted by Crippen LogP contribution is -1.97. The second kappa shape index (κ2) is 17.2. The summed E-state index contributed by atoms with van der Waals surface area (Å²) in [4.78, 5) is 18.0. The molecule has 10 aromatic carbocycles. The molecule has 14 rings (SSSR count). The Bertz CT molecular complexity index is 4610. The normalized spacial score (nSPS) is 11.4. The van der Waals surface area contributed by atoms with E-state index in [2.05, 4.69) is 163 Å². The minimum Gasteiger partial charge on any atom is -0.319 e. The third-order valence-corrected chi connectivity index (χ3v) is 14.5. The average molecular weight is 955 g/mol. The van der Waals surface area contributed by atoms with Gasteiger partial charge in [-0.1, -0.05) is 133 Å². The van der Waals surface area contributed by atoms with Crippen LogP contribution >= 0.6 is 0 Å². The van der Waals surface area contributed by atoms with Gasteiger partial charge in [0, 0.05) is 55.0 Å². The zero-order valence-electron chi connectivity index (χ0n) is 40.0. The monoisotopic (exact) mass is 954 g/mol. The molecule has 14 aromatic rings. The van der Waals surface area contributed by atoms with Crippen molar-refractivity contribution in [3.05, 3.63) is 259 Å². The molecule has 0 aliphatic carbocycles. The van der Waals surface area contributed by atoms with E-state index in [9.17, 15) is 5.26 Å². The number of benzene rings is 10. The highest BCUT2D eigenvalue weighted by Crippen LogP contribution is 2.43. The molecule has 4 heterocycles. The number of rotatable bonds is 7. The molecule has 0 aliphatic rings. The molecule has 0 bridgehead atoms. The van der Waals surface area contributed by atoms with E-state index in [-0.39, 0.29) is 0 Å². The van der Waals surface area contributed by atoms with E-state index in [4.69, 9.17) is 23.1 Å². The number of fused-ring (bicyclic) bond motifs is 9. The van der Waals surface area contributed by atoms with Gasteiger partial charge in [-0.05, 0) is 114 Å². The molecule has 0 N–H and O–H groups in total. The maximum atomic E-state index is 9.92. The Kier molecular flexibility index (Phi) is 9.85. The predicted molar refractivity (Wildman–Crippen MR) is 304 cm³/mol. The molecule has 0 spiro atoms. The van der Waals surface area contributed by atoms with Crippen molar-refractivity contribution in [3.63, 3.8) is 0 Å². The Morgan fingerprint density at radius 2 is 0.840 bits per heavy atom. The van der Waals surface area contributed by atoms with Crippen molar-refractivity contribution in [2.24, 2.45) is 0 Å². The topological polar surface area (TPSA) is 73.1 Å². The quantitative estimate of drug-likeness (QED) is 0.149. The lowest BCUT2D eigenvalue weighted by molar-refractivity contribution is 1.16. The summed E-state index contributed by atoms with van der Waals surface area (Å²) in [5, 5.41) is 16.1. The van der Waals surface area contributed by atoms with E-state index in [1.54, 1.807) is 0 Å². The number of para-hydroxylation sites is 2. The van der Waals surface area contributed by atoms with E-state index in [1.165, 1.54) is 10.8 Å². The van der Waals surface area contributed by atoms with Crippen LogP contribution < -0.4 is 0 Å². The van der Waals surface area contributed by atoms with Crippen LogP contribution in [0.1, 0.15) is 5.56 Å². The maximum absolute atomic E-state index is 9.92. The lowest BCUT2D eigenvalue weighted by Gasteiger charge is -2.14. The fraction of sp³-hybridized carbons (Fsp3) is 0. The van der Waals surface area contributed by atoms with Gasteiger partial charge in [-0.2, -0.15) is 5.26 Å². The molecular weight excluding hydrogens is 917 g/mol. The van der Waals surface area contributed by atoms with Gasteiger partial charge < -0.3 is 13.7 Å². The summed E-state index contributed by atoms with van der Waals surface area (Å²) >= 11 is 0. The summed E-state index contributed by atoms with van der Waals surface area (Å²) in [5.74, 6) is 0.662. The minimum atomic E-state index is 0.521. The van der Waals surface area contributed by atoms with Gasteiger partial charge in [0.2, 0.25) is 5.69 Å². The van der Waals surface area contributed by atoms with Gasteiger partial charge in [-0.25, -0.2) is 19.7 Å². The molecule has 0 amide bonds. The number of nitriles is 1. The Balaban J connectivity index is 0.927. The number of hydrogen-bond donors (Lipinski definition) is 0. The fourth-order valence-corrected chi connectivity index (χ4v) is 11.0. The smallest absolute Gasteiger partial charge is 0.211 e. The first-order valence-corrected chi connectivity index (χ1v) is 24.6. The van der Waals surface area contributed by atoms with Gasteiger partial charge in [0.1, 0.15) is 0 Å². The van der Waals surface area contributed by atoms with Gasteiger partial charge in [-0.3, -0.25) is 0 Å². The van der Waals surface area contributed by atoms with Crippen LogP contribution in [0.4, 0.5) is 11.4 Å². The van der Waals surface area contributed by atoms with Crippen LogP contribution in [0.3, 0.4) is 0 Å². The van der Waals surface area contributed by atoms with Crippen LogP contribution in [0.25, 0.3) is 137 Å². The van der Waals surface area contributed by atoms with Crippen LogP contribution in [-0.4, -0.2) is 23.7 Å². The molecule has 0 saturated heterocycles. The third-order valence-electron chi connectivity index (χ3n) is 14.5. The Hall–Kier alpha value is -10.9. The first-order valence-electron chi connectivity index (χ1n) is 24.6. The molecule has 75 heavy (non-hydrogen) atoms. The highest BCUT2D eigenvalue weighted by Gasteiger charge is 2.21. The van der Waals surface area contributed by atoms with Crippen molar-refractivity contribution in [1.29, 1.82) is 5.26 Å². The maximum Gasteiger partial charge on any atom is 0.211 e. The van der Waals surface area contributed by atoms with Gasteiger partial charge in [0.05, 0.1) is 75.0 Å². The van der Waals surface area contributed by atoms with Crippen molar-refractivity contribution in [2.75, 3.05) is 0 Å². The van der Waals surface area contributed by atoms with Crippen LogP contribution in [-0.2, 0) is 0 Å². The van der Waals surface area contributed by atoms with Crippen LogP contribution in [0, 0.1) is 24.5 Å². The zero-order valence-corrected chi connectivity index (χ0v) is 40.0. The van der Waals surface area contributed by atoms with Crippen LogP contribution in [0.2, 0.25) is 0 Å². The zero-order chi connectivity index (χ0) is 50.1. The summed E-state index contributed by atoms with van der Waals surface area (Å²) in [7, 11) is 0. The number of aromatic nitrogens is 5. The number of hydrogen-bond acceptors (Lipinski definition) is 3. The predicted octanol–water partition coefficient (Wildman–Crippen LogP) is 17.4. The van der Waals surface area contributed by atoms with Crippen LogP contribution in [0.15, 0.2) is 231 Å². The second-order valence-electron chi connectivity index (χ2n) is 18.7. The molecule has 346 valence electrons. The Labute approximate surface area is 430 Å². The summed E-state index contributed by atoms with van der Waals surface area (Å²) in [6, 6.07) is 80.9. The molecule has 0 fully saturated rings. The van der Waals surface area contributed by atoms with E-state index in [1.807, 2.05) is 97.1 Å². The Morgan fingerprint density at radius 1 is 0.360 bits per heavy atom. The van der Waals surface area contributed by atoms with Crippen molar-refractivity contribution in [1.82, 2.24) is 23.7 Å². The molecule has 0 saturated carbocycles. The first kappa shape index (κ1) is 43.0. The van der Waals surface area contributed by atoms with E-state index in [0.29, 0.717) is 22.8 Å². The highest BCUT2D eigenvalue weighted by molar-refractivity contribution is 6.15. The fourth-order valence-electron chi connectivity index (χ4n) is 11.0. The molecular formula is C67H38N8. The summed E-state index contributed by atoms with van der Waals surface area (Å²) < 4.78 is 6.78. The van der Waals surface area contributed by atoms with E-state index < -0.39 is 0 Å². The summed E-state index contributed by atoms with van der Waals surface area (Å²) in [6.07, 6.45) is 0. The van der Waals surface area contributed by atoms with Crippen LogP contribution in [0.5, 0.6) is 0 Å². The Morgan fingerprint density at radius 3 is 1.44 bits per heavy atom. The van der Waals surface area contributed by atoms with Gasteiger partial charge in [-0.15, -0.1) is 0 Å². The van der Waals surface area contributed by atoms with E-state index >= 15 is 0 Å². The molecule has 0 atom stereocenters. The highest BCUT2D eigenvalue weighted by atomic mass is 15.0. The molecule has 8 heteroatoms. The van der Waals surface area contributed by atoms with Crippen molar-refractivity contribution in [2.45, 2.75) is 0 Å². The van der Waals surface area contributed by atoms with Crippen molar-refractivity contribution >= 4 is 76.8 Å². The van der Waals surface area contributed by atoms with Gasteiger partial charge in [0.15, 0.2) is 11.5 Å². The van der Waals surface area contributed by atoms with E-state index in [0.717, 1.165) is 111 Å². The van der Waals surface area contributed by atoms with Crippen molar-refractivity contribution in [3.8, 4) is 68.2 Å². The lowest BCUT2D eigenvalue weighted by atomic mass is 10.0. The molecule has 4 aromatic heterocycles. The SMILES string of the molecule is [C-]#[N+]c1ccc2c(c1)c1cc(C#N)ccc1n2-c1ccc2c(c1)c1cc(-n3c4ccccc4c4ccccc43)ccc1n2-c1ccc(-c2ccc(-c3cc(-c4ccccc4)nc(-c4ccccc4)n3)cc2)cc1[N+]#[C-]. The average Bonchev–Trinajstić information content (AvgIpc) is 4.13. The molecule has 0 unspecified atom stereocenters. The second-order valence-corrected chi connectivity index (χ2v) is 18.7. The summed E-state index contributed by atoms with van der Waals surface area (Å²) in [6.45, 7) is 16.5. The first-order chi connectivity index (χ1) is 37.0. The minimum absolute atomic E-state index is 0.521. The van der Waals surface area contributed by atoms with Gasteiger partial charge >= 0.3 is 0 Å². The molecule has 0 radical (unpaired) electrons. The largest absolute Gasteiger partial charge is 0.319 e. The van der Waals surface area contributed by atoms with Crippen molar-refractivity contribution < 1.29 is 0 Å².